The van der Waals surface area contributed by atoms with E-state index < -0.39 is 0 Å². The van der Waals surface area contributed by atoms with E-state index in [9.17, 15) is 0 Å². The fourth-order valence-electron chi connectivity index (χ4n) is 9.00. The summed E-state index contributed by atoms with van der Waals surface area (Å²) in [4.78, 5) is 10.2. The van der Waals surface area contributed by atoms with Crippen molar-refractivity contribution in [3.63, 3.8) is 0 Å². The van der Waals surface area contributed by atoms with Gasteiger partial charge in [0.25, 0.3) is 0 Å². The fraction of sp³-hybridized carbons (Fsp3) is 0. The lowest BCUT2D eigenvalue weighted by atomic mass is 10.0. The lowest BCUT2D eigenvalue weighted by Gasteiger charge is -2.16. The van der Waals surface area contributed by atoms with Gasteiger partial charge in [0, 0.05) is 55.9 Å². The average Bonchev–Trinajstić information content (AvgIpc) is 3.97. The van der Waals surface area contributed by atoms with Crippen molar-refractivity contribution in [3.05, 3.63) is 212 Å². The Morgan fingerprint density at radius 3 is 1.27 bits per heavy atom. The number of hydrogen-bond acceptors (Lipinski definition) is 2. The molecule has 5 heteroatoms. The smallest absolute Gasteiger partial charge is 0.164 e. The zero-order valence-electron chi connectivity index (χ0n) is 31.9. The highest BCUT2D eigenvalue weighted by Crippen LogP contribution is 2.39. The number of benzene rings is 8. The maximum atomic E-state index is 5.25. The van der Waals surface area contributed by atoms with Crippen LogP contribution in [0.5, 0.6) is 0 Å². The Morgan fingerprint density at radius 2 is 0.746 bits per heavy atom. The molecule has 4 heterocycles. The highest BCUT2D eigenvalue weighted by Gasteiger charge is 2.19. The molecule has 0 aliphatic carbocycles. The molecule has 59 heavy (non-hydrogen) atoms. The first-order chi connectivity index (χ1) is 29.3. The molecule has 0 bridgehead atoms. The van der Waals surface area contributed by atoms with Gasteiger partial charge in [-0.05, 0) is 77.4 Å². The Bertz CT molecular complexity index is 3300. The molecule has 4 aromatic heterocycles. The lowest BCUT2D eigenvalue weighted by Crippen LogP contribution is -2.00. The zero-order valence-corrected chi connectivity index (χ0v) is 31.9. The predicted octanol–water partition coefficient (Wildman–Crippen LogP) is 13.6. The normalized spacial score (nSPS) is 11.7. The van der Waals surface area contributed by atoms with Crippen LogP contribution in [0.3, 0.4) is 0 Å². The van der Waals surface area contributed by atoms with E-state index in [0.717, 1.165) is 61.9 Å². The van der Waals surface area contributed by atoms with Gasteiger partial charge in [-0.2, -0.15) is 0 Å². The summed E-state index contributed by atoms with van der Waals surface area (Å²) in [6, 6.07) is 73.6. The van der Waals surface area contributed by atoms with Crippen LogP contribution < -0.4 is 0 Å². The molecule has 0 atom stereocenters. The number of fused-ring (bicyclic) bond motifs is 7. The summed E-state index contributed by atoms with van der Waals surface area (Å²) in [5.74, 6) is 0.848. The Kier molecular flexibility index (Phi) is 7.47. The number of hydrogen-bond donors (Lipinski definition) is 0. The molecule has 12 aromatic rings. The number of para-hydroxylation sites is 5. The average molecular weight is 754 g/mol. The van der Waals surface area contributed by atoms with E-state index in [-0.39, 0.29) is 0 Å². The Hall–Kier alpha value is -8.02. The molecular weight excluding hydrogens is 719 g/mol. The van der Waals surface area contributed by atoms with E-state index in [2.05, 4.69) is 208 Å². The molecule has 0 amide bonds. The van der Waals surface area contributed by atoms with Gasteiger partial charge in [-0.15, -0.1) is 0 Å². The van der Waals surface area contributed by atoms with Crippen molar-refractivity contribution in [2.24, 2.45) is 0 Å². The summed E-state index contributed by atoms with van der Waals surface area (Å²) in [5, 5.41) is 4.96. The number of pyridine rings is 1. The van der Waals surface area contributed by atoms with Crippen LogP contribution in [0.25, 0.3) is 105 Å². The monoisotopic (exact) mass is 753 g/mol. The third kappa shape index (κ3) is 5.33. The summed E-state index contributed by atoms with van der Waals surface area (Å²) >= 11 is 0. The van der Waals surface area contributed by atoms with Crippen LogP contribution in [0.15, 0.2) is 212 Å². The first-order valence-electron chi connectivity index (χ1n) is 20.0. The van der Waals surface area contributed by atoms with E-state index in [1.54, 1.807) is 0 Å². The maximum absolute atomic E-state index is 5.25. The minimum absolute atomic E-state index is 0.824. The van der Waals surface area contributed by atoms with Gasteiger partial charge in [0.05, 0.1) is 22.1 Å². The summed E-state index contributed by atoms with van der Waals surface area (Å²) in [6.07, 6.45) is 1.95. The van der Waals surface area contributed by atoms with Crippen LogP contribution in [0.4, 0.5) is 0 Å². The van der Waals surface area contributed by atoms with Gasteiger partial charge in [0.15, 0.2) is 5.65 Å². The highest BCUT2D eigenvalue weighted by atomic mass is 15.1. The summed E-state index contributed by atoms with van der Waals surface area (Å²) in [7, 11) is 0. The molecule has 0 N–H and O–H groups in total. The van der Waals surface area contributed by atoms with Crippen LogP contribution in [-0.4, -0.2) is 23.7 Å². The molecule has 5 nitrogen and oxygen atoms in total. The van der Waals surface area contributed by atoms with Crippen molar-refractivity contribution in [1.29, 1.82) is 0 Å². The van der Waals surface area contributed by atoms with Crippen molar-refractivity contribution >= 4 is 54.8 Å². The molecule has 12 rings (SSSR count). The third-order valence-corrected chi connectivity index (χ3v) is 11.7. The molecule has 0 saturated heterocycles. The van der Waals surface area contributed by atoms with Gasteiger partial charge >= 0.3 is 0 Å². The number of nitrogens with zero attached hydrogens (tertiary/aromatic N) is 5. The SMILES string of the molecule is c1ccc(-c2cnc3c(c2)nc(-c2ccc(-c4cc(-n5c6ccccc6c6ccccc65)cc(-n5c6ccccc6c6ccccc65)c4)cc2)n3-c2ccccc2)cc1. The maximum Gasteiger partial charge on any atom is 0.164 e. The molecule has 0 saturated carbocycles. The largest absolute Gasteiger partial charge is 0.309 e. The van der Waals surface area contributed by atoms with E-state index >= 15 is 0 Å². The summed E-state index contributed by atoms with van der Waals surface area (Å²) in [5.41, 5.74) is 15.0. The van der Waals surface area contributed by atoms with Crippen molar-refractivity contribution in [2.45, 2.75) is 0 Å². The molecule has 0 aliphatic heterocycles. The molecule has 8 aromatic carbocycles. The van der Waals surface area contributed by atoms with Crippen LogP contribution in [0, 0.1) is 0 Å². The second-order valence-corrected chi connectivity index (χ2v) is 15.1. The quantitative estimate of drug-likeness (QED) is 0.170. The first kappa shape index (κ1) is 33.2. The van der Waals surface area contributed by atoms with Gasteiger partial charge in [0.1, 0.15) is 11.3 Å². The molecule has 0 radical (unpaired) electrons. The third-order valence-electron chi connectivity index (χ3n) is 11.7. The number of aromatic nitrogens is 5. The zero-order chi connectivity index (χ0) is 38.9. The fourth-order valence-corrected chi connectivity index (χ4v) is 9.00. The Labute approximate surface area is 340 Å². The molecule has 0 fully saturated rings. The van der Waals surface area contributed by atoms with E-state index in [4.69, 9.17) is 9.97 Å². The standard InChI is InChI=1S/C54H35N5/c1-3-15-36(16-4-1)40-33-48-54(55-35-40)59(41-17-5-2-6-18-41)53(56-48)38-29-27-37(28-30-38)39-31-42(57-49-23-11-7-19-44(49)45-20-8-12-24-50(45)57)34-43(32-39)58-51-25-13-9-21-46(51)47-22-10-14-26-52(47)58/h1-35H. The van der Waals surface area contributed by atoms with Gasteiger partial charge in [-0.3, -0.25) is 4.57 Å². The van der Waals surface area contributed by atoms with E-state index in [0.29, 0.717) is 0 Å². The summed E-state index contributed by atoms with van der Waals surface area (Å²) < 4.78 is 7.00. The van der Waals surface area contributed by atoms with Crippen LogP contribution in [0.1, 0.15) is 0 Å². The minimum atomic E-state index is 0.824. The molecule has 0 spiro atoms. The minimum Gasteiger partial charge on any atom is -0.309 e. The van der Waals surface area contributed by atoms with Crippen LogP contribution >= 0.6 is 0 Å². The second kappa shape index (κ2) is 13.3. The molecule has 0 aliphatic rings. The van der Waals surface area contributed by atoms with Gasteiger partial charge in [0.2, 0.25) is 0 Å². The second-order valence-electron chi connectivity index (χ2n) is 15.1. The lowest BCUT2D eigenvalue weighted by molar-refractivity contribution is 1.08. The Balaban J connectivity index is 1.06. The predicted molar refractivity (Wildman–Crippen MR) is 244 cm³/mol. The van der Waals surface area contributed by atoms with Gasteiger partial charge < -0.3 is 9.13 Å². The first-order valence-corrected chi connectivity index (χ1v) is 20.0. The van der Waals surface area contributed by atoms with Gasteiger partial charge in [-0.25, -0.2) is 9.97 Å². The highest BCUT2D eigenvalue weighted by molar-refractivity contribution is 6.10. The topological polar surface area (TPSA) is 40.6 Å². The van der Waals surface area contributed by atoms with Crippen LogP contribution in [-0.2, 0) is 0 Å². The van der Waals surface area contributed by atoms with Crippen molar-refractivity contribution in [1.82, 2.24) is 23.7 Å². The molecule has 0 unspecified atom stereocenters. The molecular formula is C54H35N5. The number of imidazole rings is 1. The Morgan fingerprint density at radius 1 is 0.305 bits per heavy atom. The van der Waals surface area contributed by atoms with Gasteiger partial charge in [-0.1, -0.05) is 146 Å². The number of rotatable bonds is 6. The van der Waals surface area contributed by atoms with Crippen molar-refractivity contribution in [3.8, 4) is 50.7 Å². The van der Waals surface area contributed by atoms with Crippen molar-refractivity contribution in [2.75, 3.05) is 0 Å². The van der Waals surface area contributed by atoms with E-state index in [1.807, 2.05) is 18.3 Å². The van der Waals surface area contributed by atoms with E-state index in [1.165, 1.54) is 43.6 Å². The molecule has 276 valence electrons. The van der Waals surface area contributed by atoms with Crippen LogP contribution in [0.2, 0.25) is 0 Å². The van der Waals surface area contributed by atoms with Crippen molar-refractivity contribution < 1.29 is 0 Å². The summed E-state index contributed by atoms with van der Waals surface area (Å²) in [6.45, 7) is 0.